The molecule has 3 N–H and O–H groups in total. The third-order valence-electron chi connectivity index (χ3n) is 3.23. The molecular weight excluding hydrogens is 346 g/mol. The fourth-order valence-corrected chi connectivity index (χ4v) is 2.32. The molecule has 0 spiro atoms. The summed E-state index contributed by atoms with van der Waals surface area (Å²) in [5.74, 6) is -1.31. The van der Waals surface area contributed by atoms with Crippen molar-refractivity contribution in [2.24, 2.45) is 10.7 Å². The van der Waals surface area contributed by atoms with Gasteiger partial charge in [-0.15, -0.1) is 13.2 Å². The zero-order chi connectivity index (χ0) is 18.8. The fraction of sp³-hybridized carbons (Fsp3) is 0.333. The van der Waals surface area contributed by atoms with Gasteiger partial charge in [0.2, 0.25) is 5.91 Å². The van der Waals surface area contributed by atoms with Crippen LogP contribution in [0.15, 0.2) is 35.0 Å². The molecule has 0 saturated heterocycles. The molecule has 2 rings (SSSR count). The number of nitrogens with zero attached hydrogens (tertiary/aromatic N) is 1. The summed E-state index contributed by atoms with van der Waals surface area (Å²) in [5.41, 5.74) is 4.36. The quantitative estimate of drug-likeness (QED) is 0.808. The van der Waals surface area contributed by atoms with Gasteiger partial charge in [-0.2, -0.15) is 0 Å². The van der Waals surface area contributed by atoms with Gasteiger partial charge in [-0.05, 0) is 31.2 Å². The molecule has 1 aliphatic heterocycles. The molecule has 25 heavy (non-hydrogen) atoms. The third kappa shape index (κ3) is 4.92. The molecule has 0 aliphatic carbocycles. The smallest absolute Gasteiger partial charge is 0.429 e. The number of ether oxygens (including phenoxy) is 2. The second kappa shape index (κ2) is 6.71. The largest absolute Gasteiger partial charge is 0.522 e. The van der Waals surface area contributed by atoms with Gasteiger partial charge in [0.05, 0.1) is 0 Å². The summed E-state index contributed by atoms with van der Waals surface area (Å²) in [7, 11) is 0. The maximum atomic E-state index is 14.3. The number of rotatable bonds is 4. The van der Waals surface area contributed by atoms with E-state index in [0.717, 1.165) is 6.07 Å². The Hall–Kier alpha value is -2.62. The highest BCUT2D eigenvalue weighted by molar-refractivity contribution is 5.88. The number of carbonyl (C=O) groups is 1. The van der Waals surface area contributed by atoms with Gasteiger partial charge < -0.3 is 15.8 Å². The number of hydrogen-bond acceptors (Lipinski definition) is 5. The number of alkyl halides is 3. The van der Waals surface area contributed by atoms with Crippen molar-refractivity contribution in [2.45, 2.75) is 25.7 Å². The van der Waals surface area contributed by atoms with Crippen LogP contribution in [0.2, 0.25) is 0 Å². The van der Waals surface area contributed by atoms with E-state index in [1.54, 1.807) is 0 Å². The van der Waals surface area contributed by atoms with Gasteiger partial charge in [0.15, 0.2) is 0 Å². The van der Waals surface area contributed by atoms with E-state index in [1.165, 1.54) is 32.1 Å². The average Bonchev–Trinajstić information content (AvgIpc) is 2.45. The topological polar surface area (TPSA) is 85.9 Å². The number of halogens is 4. The SMILES string of the molecule is CC(=O)Nc1ccc(F)c([C@]2(C)C=C(COC(F)(F)F)OC(N)=N2)c1. The number of nitrogens with one attached hydrogen (secondary N) is 1. The Balaban J connectivity index is 2.39. The summed E-state index contributed by atoms with van der Waals surface area (Å²) in [5, 5.41) is 2.49. The van der Waals surface area contributed by atoms with Crippen LogP contribution in [-0.4, -0.2) is 24.9 Å². The average molecular weight is 361 g/mol. The first-order chi connectivity index (χ1) is 11.5. The molecule has 1 aromatic rings. The van der Waals surface area contributed by atoms with E-state index in [-0.39, 0.29) is 17.2 Å². The number of carbonyl (C=O) groups excluding carboxylic acids is 1. The van der Waals surface area contributed by atoms with Crippen LogP contribution >= 0.6 is 0 Å². The Morgan fingerprint density at radius 2 is 2.12 bits per heavy atom. The summed E-state index contributed by atoms with van der Waals surface area (Å²) in [4.78, 5) is 15.1. The van der Waals surface area contributed by atoms with E-state index in [1.807, 2.05) is 0 Å². The Morgan fingerprint density at radius 1 is 1.44 bits per heavy atom. The van der Waals surface area contributed by atoms with Crippen LogP contribution in [0.25, 0.3) is 0 Å². The van der Waals surface area contributed by atoms with Gasteiger partial charge in [0.1, 0.15) is 23.7 Å². The van der Waals surface area contributed by atoms with Crippen LogP contribution in [0, 0.1) is 5.82 Å². The van der Waals surface area contributed by atoms with E-state index in [9.17, 15) is 22.4 Å². The first-order valence-electron chi connectivity index (χ1n) is 7.02. The highest BCUT2D eigenvalue weighted by atomic mass is 19.4. The molecular formula is C15H15F4N3O3. The maximum Gasteiger partial charge on any atom is 0.522 e. The molecule has 1 heterocycles. The molecule has 1 aromatic carbocycles. The second-order valence-corrected chi connectivity index (χ2v) is 5.42. The van der Waals surface area contributed by atoms with E-state index < -0.39 is 30.3 Å². The van der Waals surface area contributed by atoms with Crippen molar-refractivity contribution in [1.82, 2.24) is 0 Å². The van der Waals surface area contributed by atoms with Gasteiger partial charge in [-0.3, -0.25) is 9.53 Å². The normalized spacial score (nSPS) is 20.4. The Morgan fingerprint density at radius 3 is 2.72 bits per heavy atom. The molecule has 0 saturated carbocycles. The van der Waals surface area contributed by atoms with Gasteiger partial charge in [0.25, 0.3) is 6.02 Å². The lowest BCUT2D eigenvalue weighted by molar-refractivity contribution is -0.322. The summed E-state index contributed by atoms with van der Waals surface area (Å²) < 4.78 is 59.5. The highest BCUT2D eigenvalue weighted by Crippen LogP contribution is 2.35. The zero-order valence-electron chi connectivity index (χ0n) is 13.3. The molecule has 136 valence electrons. The minimum absolute atomic E-state index is 0.00508. The zero-order valence-corrected chi connectivity index (χ0v) is 13.3. The minimum Gasteiger partial charge on any atom is -0.429 e. The molecule has 0 unspecified atom stereocenters. The first kappa shape index (κ1) is 18.7. The molecule has 1 aliphatic rings. The number of hydrogen-bond donors (Lipinski definition) is 2. The van der Waals surface area contributed by atoms with Crippen LogP contribution in [0.1, 0.15) is 19.4 Å². The van der Waals surface area contributed by atoms with Gasteiger partial charge >= 0.3 is 6.36 Å². The lowest BCUT2D eigenvalue weighted by Gasteiger charge is -2.28. The Labute approximate surface area is 140 Å². The number of amidine groups is 1. The van der Waals surface area contributed by atoms with Crippen molar-refractivity contribution in [3.63, 3.8) is 0 Å². The van der Waals surface area contributed by atoms with Crippen molar-refractivity contribution in [3.8, 4) is 0 Å². The standard InChI is InChI=1S/C15H15F4N3O3/c1-8(23)21-9-3-4-12(16)11(5-9)14(2)6-10(25-13(20)22-14)7-24-15(17,18)19/h3-6H,7H2,1-2H3,(H2,20,22)(H,21,23)/t14-/m0/s1. The number of nitrogens with two attached hydrogens (primary N) is 1. The minimum atomic E-state index is -4.86. The number of benzene rings is 1. The summed E-state index contributed by atoms with van der Waals surface area (Å²) in [6.45, 7) is 1.77. The first-order valence-corrected chi connectivity index (χ1v) is 7.02. The predicted octanol–water partition coefficient (Wildman–Crippen LogP) is 2.76. The summed E-state index contributed by atoms with van der Waals surface area (Å²) in [6, 6.07) is 3.33. The Bertz CT molecular complexity index is 746. The van der Waals surface area contributed by atoms with Crippen molar-refractivity contribution in [2.75, 3.05) is 11.9 Å². The lowest BCUT2D eigenvalue weighted by Crippen LogP contribution is -2.32. The summed E-state index contributed by atoms with van der Waals surface area (Å²) in [6.07, 6.45) is -3.69. The molecule has 0 radical (unpaired) electrons. The maximum absolute atomic E-state index is 14.3. The molecule has 1 amide bonds. The number of aliphatic imine (C=N–C) groups is 1. The molecule has 0 bridgehead atoms. The van der Waals surface area contributed by atoms with E-state index in [4.69, 9.17) is 10.5 Å². The van der Waals surface area contributed by atoms with Crippen LogP contribution in [0.3, 0.4) is 0 Å². The van der Waals surface area contributed by atoms with Crippen LogP contribution < -0.4 is 11.1 Å². The van der Waals surface area contributed by atoms with Crippen LogP contribution in [0.4, 0.5) is 23.2 Å². The molecule has 1 atom stereocenters. The van der Waals surface area contributed by atoms with Crippen molar-refractivity contribution in [3.05, 3.63) is 41.4 Å². The number of amides is 1. The molecule has 6 nitrogen and oxygen atoms in total. The van der Waals surface area contributed by atoms with E-state index >= 15 is 0 Å². The van der Waals surface area contributed by atoms with Crippen molar-refractivity contribution in [1.29, 1.82) is 0 Å². The van der Waals surface area contributed by atoms with Crippen LogP contribution in [-0.2, 0) is 19.8 Å². The second-order valence-electron chi connectivity index (χ2n) is 5.42. The van der Waals surface area contributed by atoms with Gasteiger partial charge in [-0.1, -0.05) is 0 Å². The monoisotopic (exact) mass is 361 g/mol. The van der Waals surface area contributed by atoms with E-state index in [2.05, 4.69) is 15.0 Å². The molecule has 10 heteroatoms. The highest BCUT2D eigenvalue weighted by Gasteiger charge is 2.35. The van der Waals surface area contributed by atoms with Crippen LogP contribution in [0.5, 0.6) is 0 Å². The molecule has 0 fully saturated rings. The Kier molecular flexibility index (Phi) is 5.02. The number of anilines is 1. The van der Waals surface area contributed by atoms with Crippen molar-refractivity contribution < 1.29 is 31.8 Å². The van der Waals surface area contributed by atoms with E-state index in [0.29, 0.717) is 5.69 Å². The van der Waals surface area contributed by atoms with Gasteiger partial charge in [0, 0.05) is 18.2 Å². The fourth-order valence-electron chi connectivity index (χ4n) is 2.32. The third-order valence-corrected chi connectivity index (χ3v) is 3.23. The molecule has 0 aromatic heterocycles. The van der Waals surface area contributed by atoms with Crippen molar-refractivity contribution >= 4 is 17.6 Å². The van der Waals surface area contributed by atoms with Gasteiger partial charge in [-0.25, -0.2) is 9.38 Å². The predicted molar refractivity (Wildman–Crippen MR) is 80.9 cm³/mol. The lowest BCUT2D eigenvalue weighted by atomic mass is 9.90. The summed E-state index contributed by atoms with van der Waals surface area (Å²) >= 11 is 0.